The van der Waals surface area contributed by atoms with Gasteiger partial charge in [-0.1, -0.05) is 24.3 Å². The Hall–Kier alpha value is -2.20. The molecule has 0 aromatic heterocycles. The van der Waals surface area contributed by atoms with Crippen LogP contribution in [-0.2, 0) is 11.3 Å². The van der Waals surface area contributed by atoms with E-state index in [0.29, 0.717) is 17.9 Å². The summed E-state index contributed by atoms with van der Waals surface area (Å²) in [5.41, 5.74) is 1.27. The first-order chi connectivity index (χ1) is 9.69. The molecule has 104 valence electrons. The standard InChI is InChI=1S/C16H15FO3/c1-19-10-12-4-2-7-15(8-12)20-11-16(18)13-5-3-6-14(17)9-13/h2-9H,10-11H2,1H3. The van der Waals surface area contributed by atoms with Gasteiger partial charge in [-0.3, -0.25) is 4.79 Å². The molecule has 0 saturated carbocycles. The van der Waals surface area contributed by atoms with Crippen LogP contribution in [0.15, 0.2) is 48.5 Å². The highest BCUT2D eigenvalue weighted by molar-refractivity contribution is 5.97. The third kappa shape index (κ3) is 3.90. The number of ether oxygens (including phenoxy) is 2. The van der Waals surface area contributed by atoms with Crippen LogP contribution in [0.25, 0.3) is 0 Å². The van der Waals surface area contributed by atoms with Crippen LogP contribution in [0.5, 0.6) is 5.75 Å². The fourth-order valence-corrected chi connectivity index (χ4v) is 1.79. The van der Waals surface area contributed by atoms with Crippen LogP contribution in [0.4, 0.5) is 4.39 Å². The molecular weight excluding hydrogens is 259 g/mol. The predicted molar refractivity (Wildman–Crippen MR) is 73.4 cm³/mol. The Kier molecular flexibility index (Phi) is 4.85. The summed E-state index contributed by atoms with van der Waals surface area (Å²) in [6, 6.07) is 12.9. The number of halogens is 1. The number of methoxy groups -OCH3 is 1. The largest absolute Gasteiger partial charge is 0.485 e. The maximum absolute atomic E-state index is 13.0. The van der Waals surface area contributed by atoms with Crippen LogP contribution in [0.2, 0.25) is 0 Å². The minimum absolute atomic E-state index is 0.125. The third-order valence-corrected chi connectivity index (χ3v) is 2.73. The van der Waals surface area contributed by atoms with E-state index in [4.69, 9.17) is 9.47 Å². The Labute approximate surface area is 117 Å². The molecule has 2 aromatic rings. The van der Waals surface area contributed by atoms with Gasteiger partial charge in [0.05, 0.1) is 6.61 Å². The van der Waals surface area contributed by atoms with Gasteiger partial charge < -0.3 is 9.47 Å². The first kappa shape index (κ1) is 14.2. The SMILES string of the molecule is COCc1cccc(OCC(=O)c2cccc(F)c2)c1. The van der Waals surface area contributed by atoms with E-state index in [2.05, 4.69) is 0 Å². The fraction of sp³-hybridized carbons (Fsp3) is 0.188. The first-order valence-corrected chi connectivity index (χ1v) is 6.18. The van der Waals surface area contributed by atoms with Gasteiger partial charge in [0, 0.05) is 12.7 Å². The first-order valence-electron chi connectivity index (χ1n) is 6.18. The lowest BCUT2D eigenvalue weighted by Crippen LogP contribution is -2.11. The zero-order valence-electron chi connectivity index (χ0n) is 11.1. The highest BCUT2D eigenvalue weighted by atomic mass is 19.1. The van der Waals surface area contributed by atoms with E-state index in [1.54, 1.807) is 19.2 Å². The van der Waals surface area contributed by atoms with Crippen LogP contribution < -0.4 is 4.74 Å². The number of hydrogen-bond acceptors (Lipinski definition) is 3. The number of carbonyl (C=O) groups excluding carboxylic acids is 1. The Morgan fingerprint density at radius 2 is 1.95 bits per heavy atom. The smallest absolute Gasteiger partial charge is 0.200 e. The summed E-state index contributed by atoms with van der Waals surface area (Å²) in [4.78, 5) is 11.9. The molecule has 0 radical (unpaired) electrons. The molecule has 4 heteroatoms. The summed E-state index contributed by atoms with van der Waals surface area (Å²) in [5, 5.41) is 0. The zero-order chi connectivity index (χ0) is 14.4. The maximum Gasteiger partial charge on any atom is 0.200 e. The third-order valence-electron chi connectivity index (χ3n) is 2.73. The van der Waals surface area contributed by atoms with Gasteiger partial charge in [0.15, 0.2) is 12.4 Å². The molecule has 0 unspecified atom stereocenters. The van der Waals surface area contributed by atoms with Crippen molar-refractivity contribution in [2.24, 2.45) is 0 Å². The van der Waals surface area contributed by atoms with Crippen molar-refractivity contribution < 1.29 is 18.7 Å². The number of Topliss-reactive ketones (excluding diaryl/α,β-unsaturated/α-hetero) is 1. The normalized spacial score (nSPS) is 10.3. The highest BCUT2D eigenvalue weighted by Crippen LogP contribution is 2.14. The average Bonchev–Trinajstić information content (AvgIpc) is 2.45. The van der Waals surface area contributed by atoms with Gasteiger partial charge in [0.1, 0.15) is 11.6 Å². The number of rotatable bonds is 6. The van der Waals surface area contributed by atoms with Crippen LogP contribution in [-0.4, -0.2) is 19.5 Å². The molecule has 0 aliphatic carbocycles. The van der Waals surface area contributed by atoms with E-state index in [0.717, 1.165) is 5.56 Å². The molecule has 0 N–H and O–H groups in total. The van der Waals surface area contributed by atoms with Crippen LogP contribution in [0.1, 0.15) is 15.9 Å². The average molecular weight is 274 g/mol. The number of benzene rings is 2. The van der Waals surface area contributed by atoms with E-state index >= 15 is 0 Å². The molecule has 0 spiro atoms. The molecule has 0 saturated heterocycles. The molecular formula is C16H15FO3. The van der Waals surface area contributed by atoms with Crippen molar-refractivity contribution in [3.63, 3.8) is 0 Å². The Morgan fingerprint density at radius 1 is 1.15 bits per heavy atom. The van der Waals surface area contributed by atoms with Crippen molar-refractivity contribution in [2.75, 3.05) is 13.7 Å². The van der Waals surface area contributed by atoms with Crippen LogP contribution >= 0.6 is 0 Å². The molecule has 0 atom stereocenters. The van der Waals surface area contributed by atoms with E-state index in [1.165, 1.54) is 18.2 Å². The molecule has 0 amide bonds. The van der Waals surface area contributed by atoms with Crippen LogP contribution in [0, 0.1) is 5.82 Å². The molecule has 0 heterocycles. The molecule has 0 bridgehead atoms. The Bertz CT molecular complexity index is 596. The van der Waals surface area contributed by atoms with E-state index in [1.807, 2.05) is 18.2 Å². The van der Waals surface area contributed by atoms with Gasteiger partial charge in [0.25, 0.3) is 0 Å². The van der Waals surface area contributed by atoms with Crippen molar-refractivity contribution >= 4 is 5.78 Å². The molecule has 2 aromatic carbocycles. The fourth-order valence-electron chi connectivity index (χ4n) is 1.79. The van der Waals surface area contributed by atoms with Gasteiger partial charge in [-0.2, -0.15) is 0 Å². The van der Waals surface area contributed by atoms with Gasteiger partial charge in [-0.15, -0.1) is 0 Å². The minimum atomic E-state index is -0.432. The zero-order valence-corrected chi connectivity index (χ0v) is 11.1. The number of carbonyl (C=O) groups is 1. The summed E-state index contributed by atoms with van der Waals surface area (Å²) in [5.74, 6) is -0.108. The quantitative estimate of drug-likeness (QED) is 0.759. The maximum atomic E-state index is 13.0. The molecule has 3 nitrogen and oxygen atoms in total. The van der Waals surface area contributed by atoms with Crippen molar-refractivity contribution in [3.8, 4) is 5.75 Å². The second-order valence-corrected chi connectivity index (χ2v) is 4.30. The monoisotopic (exact) mass is 274 g/mol. The molecule has 0 aliphatic rings. The highest BCUT2D eigenvalue weighted by Gasteiger charge is 2.08. The van der Waals surface area contributed by atoms with E-state index in [9.17, 15) is 9.18 Å². The summed E-state index contributed by atoms with van der Waals surface area (Å²) >= 11 is 0. The number of hydrogen-bond donors (Lipinski definition) is 0. The summed E-state index contributed by atoms with van der Waals surface area (Å²) in [6.07, 6.45) is 0. The van der Waals surface area contributed by atoms with E-state index < -0.39 is 5.82 Å². The second kappa shape index (κ2) is 6.82. The van der Waals surface area contributed by atoms with Crippen molar-refractivity contribution in [2.45, 2.75) is 6.61 Å². The Balaban J connectivity index is 1.98. The van der Waals surface area contributed by atoms with Crippen molar-refractivity contribution in [3.05, 3.63) is 65.5 Å². The molecule has 0 aliphatic heterocycles. The van der Waals surface area contributed by atoms with E-state index in [-0.39, 0.29) is 12.4 Å². The lowest BCUT2D eigenvalue weighted by molar-refractivity contribution is 0.0921. The lowest BCUT2D eigenvalue weighted by Gasteiger charge is -2.07. The van der Waals surface area contributed by atoms with Crippen LogP contribution in [0.3, 0.4) is 0 Å². The molecule has 0 fully saturated rings. The van der Waals surface area contributed by atoms with Gasteiger partial charge in [-0.25, -0.2) is 4.39 Å². The molecule has 20 heavy (non-hydrogen) atoms. The summed E-state index contributed by atoms with van der Waals surface area (Å²) in [6.45, 7) is 0.356. The van der Waals surface area contributed by atoms with Gasteiger partial charge in [-0.05, 0) is 29.8 Å². The van der Waals surface area contributed by atoms with Crippen molar-refractivity contribution in [1.82, 2.24) is 0 Å². The second-order valence-electron chi connectivity index (χ2n) is 4.30. The van der Waals surface area contributed by atoms with Crippen molar-refractivity contribution in [1.29, 1.82) is 0 Å². The Morgan fingerprint density at radius 3 is 2.70 bits per heavy atom. The summed E-state index contributed by atoms with van der Waals surface area (Å²) < 4.78 is 23.5. The predicted octanol–water partition coefficient (Wildman–Crippen LogP) is 3.23. The molecule has 2 rings (SSSR count). The minimum Gasteiger partial charge on any atom is -0.485 e. The topological polar surface area (TPSA) is 35.5 Å². The van der Waals surface area contributed by atoms with Gasteiger partial charge in [0.2, 0.25) is 0 Å². The number of ketones is 1. The lowest BCUT2D eigenvalue weighted by atomic mass is 10.1. The van der Waals surface area contributed by atoms with Gasteiger partial charge >= 0.3 is 0 Å². The summed E-state index contributed by atoms with van der Waals surface area (Å²) in [7, 11) is 1.61.